The first-order valence-corrected chi connectivity index (χ1v) is 10.4. The number of pyridine rings is 1. The second-order valence-electron chi connectivity index (χ2n) is 7.38. The molecule has 8 heteroatoms. The van der Waals surface area contributed by atoms with E-state index in [1.54, 1.807) is 13.1 Å². The van der Waals surface area contributed by atoms with Crippen molar-refractivity contribution in [2.45, 2.75) is 46.2 Å². The van der Waals surface area contributed by atoms with Crippen LogP contribution in [0.25, 0.3) is 22.2 Å². The summed E-state index contributed by atoms with van der Waals surface area (Å²) in [6.45, 7) is 5.00. The Morgan fingerprint density at radius 1 is 1.26 bits per heavy atom. The molecule has 31 heavy (non-hydrogen) atoms. The number of aryl methyl sites for hydroxylation is 2. The fourth-order valence-electron chi connectivity index (χ4n) is 3.80. The number of rotatable bonds is 9. The van der Waals surface area contributed by atoms with Gasteiger partial charge < -0.3 is 15.0 Å². The molecular weight excluding hydrogens is 396 g/mol. The summed E-state index contributed by atoms with van der Waals surface area (Å²) < 4.78 is 7.25. The Kier molecular flexibility index (Phi) is 7.25. The highest BCUT2D eigenvalue weighted by atomic mass is 16.5. The van der Waals surface area contributed by atoms with Gasteiger partial charge in [-0.2, -0.15) is 0 Å². The maximum absolute atomic E-state index is 11.6. The summed E-state index contributed by atoms with van der Waals surface area (Å²) in [5, 5.41) is 11.2. The Hall–Kier alpha value is -3.39. The molecule has 2 heterocycles. The molecule has 8 nitrogen and oxygen atoms in total. The zero-order valence-corrected chi connectivity index (χ0v) is 17.9. The Morgan fingerprint density at radius 2 is 2.06 bits per heavy atom. The predicted molar refractivity (Wildman–Crippen MR) is 117 cm³/mol. The molecular formula is C23H28N4O4. The van der Waals surface area contributed by atoms with Crippen molar-refractivity contribution in [2.24, 2.45) is 5.73 Å². The quantitative estimate of drug-likeness (QED) is 0.233. The zero-order chi connectivity index (χ0) is 22.4. The lowest BCUT2D eigenvalue weighted by Gasteiger charge is -2.13. The molecule has 0 aliphatic carbocycles. The molecule has 0 atom stereocenters. The first-order valence-electron chi connectivity index (χ1n) is 10.4. The molecule has 0 saturated carbocycles. The van der Waals surface area contributed by atoms with E-state index < -0.39 is 6.03 Å². The van der Waals surface area contributed by atoms with Crippen LogP contribution in [-0.4, -0.2) is 38.4 Å². The van der Waals surface area contributed by atoms with E-state index in [0.29, 0.717) is 18.1 Å². The van der Waals surface area contributed by atoms with Gasteiger partial charge >= 0.3 is 12.0 Å². The van der Waals surface area contributed by atoms with Gasteiger partial charge in [-0.15, -0.1) is 0 Å². The van der Waals surface area contributed by atoms with E-state index in [1.807, 2.05) is 43.5 Å². The molecule has 0 saturated heterocycles. The normalized spacial score (nSPS) is 10.9. The van der Waals surface area contributed by atoms with Crippen LogP contribution in [0.5, 0.6) is 0 Å². The van der Waals surface area contributed by atoms with Crippen molar-refractivity contribution < 1.29 is 19.5 Å². The molecule has 0 spiro atoms. The lowest BCUT2D eigenvalue weighted by atomic mass is 10.1. The van der Waals surface area contributed by atoms with Crippen molar-refractivity contribution in [1.29, 1.82) is 0 Å². The number of primary amides is 1. The van der Waals surface area contributed by atoms with Gasteiger partial charge in [0.15, 0.2) is 0 Å². The van der Waals surface area contributed by atoms with Gasteiger partial charge in [0.25, 0.3) is 0 Å². The van der Waals surface area contributed by atoms with Gasteiger partial charge in [0.2, 0.25) is 0 Å². The fraction of sp³-hybridized carbons (Fsp3) is 0.348. The standard InChI is InChI=1S/C23H28N4O4/c1-3-31-21(28)8-4-5-12-26-20-10-9-17(15-27(30)23(24)29)13-19(20)16(2)22(26)18-7-6-11-25-14-18/h6-7,9-11,13-14,30H,3-5,8,12,15H2,1-2H3,(H2,24,29). The minimum atomic E-state index is -0.896. The number of carbonyl (C=O) groups excluding carboxylic acids is 2. The van der Waals surface area contributed by atoms with Gasteiger partial charge in [0, 0.05) is 41.8 Å². The summed E-state index contributed by atoms with van der Waals surface area (Å²) >= 11 is 0. The first-order chi connectivity index (χ1) is 14.9. The molecule has 0 radical (unpaired) electrons. The third-order valence-corrected chi connectivity index (χ3v) is 5.22. The van der Waals surface area contributed by atoms with Gasteiger partial charge in [-0.3, -0.25) is 15.0 Å². The molecule has 3 aromatic rings. The van der Waals surface area contributed by atoms with Gasteiger partial charge in [-0.05, 0) is 62.1 Å². The Balaban J connectivity index is 1.94. The number of unbranched alkanes of at least 4 members (excludes halogenated alkanes) is 1. The molecule has 0 aliphatic rings. The molecule has 0 fully saturated rings. The van der Waals surface area contributed by atoms with Crippen molar-refractivity contribution in [3.63, 3.8) is 0 Å². The smallest absolute Gasteiger partial charge is 0.338 e. The average Bonchev–Trinajstić information content (AvgIpc) is 3.03. The zero-order valence-electron chi connectivity index (χ0n) is 17.9. The van der Waals surface area contributed by atoms with Gasteiger partial charge in [-0.1, -0.05) is 6.07 Å². The highest BCUT2D eigenvalue weighted by molar-refractivity contribution is 5.92. The van der Waals surface area contributed by atoms with Crippen LogP contribution >= 0.6 is 0 Å². The Labute approximate surface area is 181 Å². The van der Waals surface area contributed by atoms with E-state index in [9.17, 15) is 14.8 Å². The largest absolute Gasteiger partial charge is 0.466 e. The number of benzene rings is 1. The number of esters is 1. The number of hydroxylamine groups is 2. The lowest BCUT2D eigenvalue weighted by molar-refractivity contribution is -0.143. The van der Waals surface area contributed by atoms with Crippen molar-refractivity contribution >= 4 is 22.9 Å². The first kappa shape index (κ1) is 22.3. The monoisotopic (exact) mass is 424 g/mol. The maximum atomic E-state index is 11.6. The van der Waals surface area contributed by atoms with Crippen LogP contribution in [-0.2, 0) is 22.6 Å². The fourth-order valence-corrected chi connectivity index (χ4v) is 3.80. The Bertz CT molecular complexity index is 1060. The van der Waals surface area contributed by atoms with Crippen LogP contribution in [0.3, 0.4) is 0 Å². The molecule has 2 amide bonds. The van der Waals surface area contributed by atoms with Crippen molar-refractivity contribution in [2.75, 3.05) is 6.61 Å². The van der Waals surface area contributed by atoms with Crippen LogP contribution in [0.15, 0.2) is 42.7 Å². The number of hydrogen-bond acceptors (Lipinski definition) is 5. The number of ether oxygens (including phenoxy) is 1. The Morgan fingerprint density at radius 3 is 2.74 bits per heavy atom. The van der Waals surface area contributed by atoms with Crippen LogP contribution in [0.2, 0.25) is 0 Å². The molecule has 164 valence electrons. The van der Waals surface area contributed by atoms with Crippen LogP contribution < -0.4 is 5.73 Å². The minimum Gasteiger partial charge on any atom is -0.466 e. The van der Waals surface area contributed by atoms with Gasteiger partial charge in [0.1, 0.15) is 0 Å². The number of fused-ring (bicyclic) bond motifs is 1. The number of nitrogens with zero attached hydrogens (tertiary/aromatic N) is 3. The highest BCUT2D eigenvalue weighted by Crippen LogP contribution is 2.34. The molecule has 0 bridgehead atoms. The highest BCUT2D eigenvalue weighted by Gasteiger charge is 2.17. The van der Waals surface area contributed by atoms with E-state index in [4.69, 9.17) is 10.5 Å². The van der Waals surface area contributed by atoms with Gasteiger partial charge in [-0.25, -0.2) is 9.86 Å². The lowest BCUT2D eigenvalue weighted by Crippen LogP contribution is -2.31. The average molecular weight is 425 g/mol. The predicted octanol–water partition coefficient (Wildman–Crippen LogP) is 4.02. The molecule has 0 unspecified atom stereocenters. The van der Waals surface area contributed by atoms with E-state index in [-0.39, 0.29) is 12.5 Å². The SMILES string of the molecule is CCOC(=O)CCCCn1c(-c2cccnc2)c(C)c2cc(CN(O)C(N)=O)ccc21. The molecule has 3 N–H and O–H groups in total. The van der Waals surface area contributed by atoms with Crippen LogP contribution in [0.1, 0.15) is 37.3 Å². The van der Waals surface area contributed by atoms with E-state index >= 15 is 0 Å². The van der Waals surface area contributed by atoms with Crippen molar-refractivity contribution in [3.8, 4) is 11.3 Å². The summed E-state index contributed by atoms with van der Waals surface area (Å²) in [6, 6.07) is 8.85. The topological polar surface area (TPSA) is 111 Å². The van der Waals surface area contributed by atoms with Crippen LogP contribution in [0.4, 0.5) is 4.79 Å². The number of nitrogens with two attached hydrogens (primary N) is 1. The second-order valence-corrected chi connectivity index (χ2v) is 7.38. The molecule has 2 aromatic heterocycles. The number of aromatic nitrogens is 2. The number of carbonyl (C=O) groups is 2. The second kappa shape index (κ2) is 10.1. The third kappa shape index (κ3) is 5.21. The maximum Gasteiger partial charge on any atom is 0.338 e. The number of hydrogen-bond donors (Lipinski definition) is 2. The van der Waals surface area contributed by atoms with Crippen LogP contribution in [0, 0.1) is 6.92 Å². The van der Waals surface area contributed by atoms with E-state index in [1.165, 1.54) is 0 Å². The molecule has 3 rings (SSSR count). The number of urea groups is 1. The minimum absolute atomic E-state index is 0.0116. The van der Waals surface area contributed by atoms with Crippen molar-refractivity contribution in [3.05, 3.63) is 53.9 Å². The molecule has 0 aliphatic heterocycles. The third-order valence-electron chi connectivity index (χ3n) is 5.22. The van der Waals surface area contributed by atoms with Crippen molar-refractivity contribution in [1.82, 2.24) is 14.6 Å². The van der Waals surface area contributed by atoms with Gasteiger partial charge in [0.05, 0.1) is 18.8 Å². The summed E-state index contributed by atoms with van der Waals surface area (Å²) in [6.07, 6.45) is 5.53. The number of amides is 2. The summed E-state index contributed by atoms with van der Waals surface area (Å²) in [5.74, 6) is -0.170. The van der Waals surface area contributed by atoms with E-state index in [0.717, 1.165) is 52.7 Å². The summed E-state index contributed by atoms with van der Waals surface area (Å²) in [5.41, 5.74) is 10.1. The van der Waals surface area contributed by atoms with E-state index in [2.05, 4.69) is 9.55 Å². The summed E-state index contributed by atoms with van der Waals surface area (Å²) in [4.78, 5) is 27.1. The summed E-state index contributed by atoms with van der Waals surface area (Å²) in [7, 11) is 0. The molecule has 1 aromatic carbocycles.